The molecule has 0 radical (unpaired) electrons. The summed E-state index contributed by atoms with van der Waals surface area (Å²) in [5.74, 6) is -0.629. The molecule has 0 heterocycles. The highest BCUT2D eigenvalue weighted by molar-refractivity contribution is 6.30. The Kier molecular flexibility index (Phi) is 4.62. The van der Waals surface area contributed by atoms with E-state index < -0.39 is 5.97 Å². The van der Waals surface area contributed by atoms with E-state index in [0.717, 1.165) is 5.69 Å². The van der Waals surface area contributed by atoms with Gasteiger partial charge in [-0.25, -0.2) is 0 Å². The second kappa shape index (κ2) is 5.75. The zero-order chi connectivity index (χ0) is 12.1. The van der Waals surface area contributed by atoms with E-state index in [-0.39, 0.29) is 12.3 Å². The molecule has 0 aliphatic carbocycles. The molecule has 1 atom stereocenters. The summed E-state index contributed by atoms with van der Waals surface area (Å²) in [7, 11) is 1.95. The van der Waals surface area contributed by atoms with Crippen molar-refractivity contribution in [2.45, 2.75) is 13.3 Å². The zero-order valence-electron chi connectivity index (χ0n) is 9.48. The van der Waals surface area contributed by atoms with Gasteiger partial charge < -0.3 is 10.0 Å². The maximum atomic E-state index is 10.5. The zero-order valence-corrected chi connectivity index (χ0v) is 10.2. The molecule has 0 spiro atoms. The van der Waals surface area contributed by atoms with Crippen LogP contribution in [0.4, 0.5) is 5.69 Å². The van der Waals surface area contributed by atoms with Gasteiger partial charge in [-0.3, -0.25) is 4.79 Å². The van der Waals surface area contributed by atoms with Gasteiger partial charge in [0.25, 0.3) is 0 Å². The molecule has 0 aromatic heterocycles. The quantitative estimate of drug-likeness (QED) is 0.862. The average molecular weight is 242 g/mol. The molecule has 1 rings (SSSR count). The van der Waals surface area contributed by atoms with Crippen LogP contribution in [0.5, 0.6) is 0 Å². The van der Waals surface area contributed by atoms with Crippen LogP contribution < -0.4 is 4.90 Å². The Labute approximate surface area is 101 Å². The first kappa shape index (κ1) is 12.8. The predicted octanol–water partition coefficient (Wildman–Crippen LogP) is 2.89. The van der Waals surface area contributed by atoms with E-state index in [1.54, 1.807) is 0 Å². The predicted molar refractivity (Wildman–Crippen MR) is 66.1 cm³/mol. The lowest BCUT2D eigenvalue weighted by molar-refractivity contribution is -0.137. The lowest BCUT2D eigenvalue weighted by atomic mass is 10.1. The number of carbonyl (C=O) groups is 1. The molecule has 88 valence electrons. The molecule has 0 saturated heterocycles. The van der Waals surface area contributed by atoms with Crippen molar-refractivity contribution in [2.24, 2.45) is 5.92 Å². The Morgan fingerprint density at radius 3 is 2.50 bits per heavy atom. The molecule has 1 unspecified atom stereocenters. The molecule has 3 nitrogen and oxygen atoms in total. The molecule has 0 fully saturated rings. The van der Waals surface area contributed by atoms with E-state index in [9.17, 15) is 4.79 Å². The number of carboxylic acid groups (broad SMARTS) is 1. The fourth-order valence-electron chi connectivity index (χ4n) is 1.63. The smallest absolute Gasteiger partial charge is 0.303 e. The van der Waals surface area contributed by atoms with Crippen molar-refractivity contribution >= 4 is 23.3 Å². The van der Waals surface area contributed by atoms with Gasteiger partial charge in [0.1, 0.15) is 0 Å². The van der Waals surface area contributed by atoms with Crippen LogP contribution >= 0.6 is 11.6 Å². The molecule has 1 aromatic rings. The van der Waals surface area contributed by atoms with Gasteiger partial charge in [0.15, 0.2) is 0 Å². The maximum absolute atomic E-state index is 10.5. The molecule has 0 aliphatic heterocycles. The number of halogens is 1. The summed E-state index contributed by atoms with van der Waals surface area (Å²) in [5.41, 5.74) is 1.04. The van der Waals surface area contributed by atoms with E-state index >= 15 is 0 Å². The molecule has 0 saturated carbocycles. The highest BCUT2D eigenvalue weighted by Crippen LogP contribution is 2.18. The van der Waals surface area contributed by atoms with Gasteiger partial charge in [-0.1, -0.05) is 18.5 Å². The van der Waals surface area contributed by atoms with Crippen LogP contribution in [0.15, 0.2) is 24.3 Å². The van der Waals surface area contributed by atoms with Crippen LogP contribution in [0.25, 0.3) is 0 Å². The second-order valence-corrected chi connectivity index (χ2v) is 4.50. The monoisotopic (exact) mass is 241 g/mol. The summed E-state index contributed by atoms with van der Waals surface area (Å²) in [6.45, 7) is 2.65. The Balaban J connectivity index is 2.54. The number of nitrogens with zero attached hydrogens (tertiary/aromatic N) is 1. The Morgan fingerprint density at radius 2 is 2.00 bits per heavy atom. The van der Waals surface area contributed by atoms with Crippen LogP contribution in [0.2, 0.25) is 5.02 Å². The van der Waals surface area contributed by atoms with Crippen LogP contribution in [-0.2, 0) is 4.79 Å². The highest BCUT2D eigenvalue weighted by atomic mass is 35.5. The molecule has 4 heteroatoms. The molecular weight excluding hydrogens is 226 g/mol. The van der Waals surface area contributed by atoms with Gasteiger partial charge >= 0.3 is 5.97 Å². The van der Waals surface area contributed by atoms with Crippen molar-refractivity contribution in [3.8, 4) is 0 Å². The number of benzene rings is 1. The number of hydrogen-bond donors (Lipinski definition) is 1. The summed E-state index contributed by atoms with van der Waals surface area (Å²) in [6, 6.07) is 7.51. The van der Waals surface area contributed by atoms with Gasteiger partial charge in [0.2, 0.25) is 0 Å². The van der Waals surface area contributed by atoms with Crippen molar-refractivity contribution in [1.29, 1.82) is 0 Å². The van der Waals surface area contributed by atoms with Gasteiger partial charge in [-0.15, -0.1) is 0 Å². The third-order valence-corrected chi connectivity index (χ3v) is 2.63. The van der Waals surface area contributed by atoms with E-state index in [0.29, 0.717) is 11.6 Å². The van der Waals surface area contributed by atoms with E-state index in [1.165, 1.54) is 0 Å². The lowest BCUT2D eigenvalue weighted by Crippen LogP contribution is -2.25. The van der Waals surface area contributed by atoms with Crippen molar-refractivity contribution in [3.63, 3.8) is 0 Å². The van der Waals surface area contributed by atoms with Crippen molar-refractivity contribution in [3.05, 3.63) is 29.3 Å². The second-order valence-electron chi connectivity index (χ2n) is 4.06. The maximum Gasteiger partial charge on any atom is 0.303 e. The van der Waals surface area contributed by atoms with E-state index in [2.05, 4.69) is 0 Å². The molecule has 1 N–H and O–H groups in total. The lowest BCUT2D eigenvalue weighted by Gasteiger charge is -2.22. The van der Waals surface area contributed by atoms with E-state index in [4.69, 9.17) is 16.7 Å². The van der Waals surface area contributed by atoms with Crippen molar-refractivity contribution < 1.29 is 9.90 Å². The number of aliphatic carboxylic acids is 1. The third-order valence-electron chi connectivity index (χ3n) is 2.38. The first-order chi connectivity index (χ1) is 7.49. The topological polar surface area (TPSA) is 40.5 Å². The van der Waals surface area contributed by atoms with Crippen LogP contribution in [0, 0.1) is 5.92 Å². The van der Waals surface area contributed by atoms with Gasteiger partial charge in [0.05, 0.1) is 0 Å². The Bertz CT molecular complexity index is 351. The fourth-order valence-corrected chi connectivity index (χ4v) is 1.76. The molecule has 16 heavy (non-hydrogen) atoms. The highest BCUT2D eigenvalue weighted by Gasteiger charge is 2.10. The minimum atomic E-state index is -0.753. The third kappa shape index (κ3) is 4.11. The molecule has 1 aromatic carbocycles. The fraction of sp³-hybridized carbons (Fsp3) is 0.417. The molecule has 0 bridgehead atoms. The van der Waals surface area contributed by atoms with Crippen molar-refractivity contribution in [1.82, 2.24) is 0 Å². The number of anilines is 1. The van der Waals surface area contributed by atoms with Crippen LogP contribution in [-0.4, -0.2) is 24.7 Å². The average Bonchev–Trinajstić information content (AvgIpc) is 2.16. The minimum absolute atomic E-state index is 0.123. The summed E-state index contributed by atoms with van der Waals surface area (Å²) in [6.07, 6.45) is 0.192. The number of carboxylic acids is 1. The number of rotatable bonds is 5. The summed E-state index contributed by atoms with van der Waals surface area (Å²) in [4.78, 5) is 12.6. The largest absolute Gasteiger partial charge is 0.481 e. The first-order valence-electron chi connectivity index (χ1n) is 5.17. The molecule has 0 aliphatic rings. The van der Waals surface area contributed by atoms with Gasteiger partial charge in [-0.2, -0.15) is 0 Å². The molecular formula is C12H16ClNO2. The summed E-state index contributed by atoms with van der Waals surface area (Å²) < 4.78 is 0. The van der Waals surface area contributed by atoms with Crippen LogP contribution in [0.3, 0.4) is 0 Å². The normalized spacial score (nSPS) is 12.2. The molecule has 0 amide bonds. The van der Waals surface area contributed by atoms with Crippen LogP contribution in [0.1, 0.15) is 13.3 Å². The summed E-state index contributed by atoms with van der Waals surface area (Å²) >= 11 is 5.79. The minimum Gasteiger partial charge on any atom is -0.481 e. The standard InChI is InChI=1S/C12H16ClNO2/c1-9(7-12(15)16)8-14(2)11-5-3-10(13)4-6-11/h3-6,9H,7-8H2,1-2H3,(H,15,16). The van der Waals surface area contributed by atoms with Gasteiger partial charge in [0, 0.05) is 30.7 Å². The van der Waals surface area contributed by atoms with Gasteiger partial charge in [-0.05, 0) is 30.2 Å². The first-order valence-corrected chi connectivity index (χ1v) is 5.55. The van der Waals surface area contributed by atoms with E-state index in [1.807, 2.05) is 43.1 Å². The Morgan fingerprint density at radius 1 is 1.44 bits per heavy atom. The number of hydrogen-bond acceptors (Lipinski definition) is 2. The van der Waals surface area contributed by atoms with Crippen molar-refractivity contribution in [2.75, 3.05) is 18.5 Å². The Hall–Kier alpha value is -1.22. The summed E-state index contributed by atoms with van der Waals surface area (Å²) in [5, 5.41) is 9.37. The SMILES string of the molecule is CC(CC(=O)O)CN(C)c1ccc(Cl)cc1.